The third-order valence-electron chi connectivity index (χ3n) is 2.24. The standard InChI is InChI=1S/C10H9NO4S.Na/c11-8-5-9(12)6-3-1-2-4-7(6)10(8)16(13,14)15;/h1-5,12H,11H2,(H,13,14,15);/q;+1/p-1. The van der Waals surface area contributed by atoms with Crippen molar-refractivity contribution in [2.45, 2.75) is 4.90 Å². The molecule has 0 amide bonds. The maximum absolute atomic E-state index is 11.5. The van der Waals surface area contributed by atoms with E-state index in [4.69, 9.17) is 10.3 Å². The van der Waals surface area contributed by atoms with E-state index in [1.807, 2.05) is 0 Å². The molecule has 0 spiro atoms. The molecule has 3 N–H and O–H groups in total. The zero-order chi connectivity index (χ0) is 11.9. The minimum absolute atomic E-state index is 0. The summed E-state index contributed by atoms with van der Waals surface area (Å²) in [6, 6.07) is 7.07. The van der Waals surface area contributed by atoms with Gasteiger partial charge in [-0.3, -0.25) is 4.55 Å². The molecule has 0 radical (unpaired) electrons. The fraction of sp³-hybridized carbons (Fsp3) is 0. The van der Waals surface area contributed by atoms with Crippen molar-refractivity contribution in [3.8, 4) is 5.75 Å². The molecule has 0 aromatic heterocycles. The van der Waals surface area contributed by atoms with E-state index < -0.39 is 15.0 Å². The molecule has 7 heteroatoms. The summed E-state index contributed by atoms with van der Waals surface area (Å²) in [6.45, 7) is 0. The van der Waals surface area contributed by atoms with Crippen molar-refractivity contribution in [3.63, 3.8) is 0 Å². The van der Waals surface area contributed by atoms with Gasteiger partial charge in [-0.25, -0.2) is 0 Å². The smallest absolute Gasteiger partial charge is 0.872 e. The summed E-state index contributed by atoms with van der Waals surface area (Å²) in [7, 11) is -4.44. The van der Waals surface area contributed by atoms with Gasteiger partial charge in [-0.2, -0.15) is 8.42 Å². The number of rotatable bonds is 1. The second kappa shape index (κ2) is 4.83. The first kappa shape index (κ1) is 14.3. The largest absolute Gasteiger partial charge is 1.00 e. The van der Waals surface area contributed by atoms with Crippen LogP contribution in [0.2, 0.25) is 0 Å². The summed E-state index contributed by atoms with van der Waals surface area (Å²) in [5, 5.41) is 11.9. The molecule has 0 aliphatic rings. The van der Waals surface area contributed by atoms with Crippen LogP contribution in [0.5, 0.6) is 5.75 Å². The van der Waals surface area contributed by atoms with Crippen molar-refractivity contribution < 1.29 is 47.6 Å². The second-order valence-electron chi connectivity index (χ2n) is 3.31. The van der Waals surface area contributed by atoms with Crippen LogP contribution < -0.4 is 40.4 Å². The minimum Gasteiger partial charge on any atom is -0.872 e. The zero-order valence-electron chi connectivity index (χ0n) is 9.04. The summed E-state index contributed by atoms with van der Waals surface area (Å²) >= 11 is 0. The molecule has 0 saturated carbocycles. The summed E-state index contributed by atoms with van der Waals surface area (Å²) in [5.41, 5.74) is 5.19. The summed E-state index contributed by atoms with van der Waals surface area (Å²) in [4.78, 5) is -0.414. The van der Waals surface area contributed by atoms with Crippen LogP contribution in [0.1, 0.15) is 0 Å². The van der Waals surface area contributed by atoms with Gasteiger partial charge in [-0.15, -0.1) is 0 Å². The summed E-state index contributed by atoms with van der Waals surface area (Å²) < 4.78 is 31.4. The Kier molecular flexibility index (Phi) is 4.06. The Morgan fingerprint density at radius 3 is 2.24 bits per heavy atom. The van der Waals surface area contributed by atoms with Crippen LogP contribution in [0.15, 0.2) is 35.2 Å². The first-order chi connectivity index (χ1) is 7.41. The van der Waals surface area contributed by atoms with Gasteiger partial charge in [0.25, 0.3) is 10.1 Å². The van der Waals surface area contributed by atoms with Crippen molar-refractivity contribution in [2.75, 3.05) is 5.73 Å². The van der Waals surface area contributed by atoms with E-state index in [0.29, 0.717) is 0 Å². The SMILES string of the molecule is Nc1cc([O-])c2ccccc2c1S(=O)(=O)O.[Na+]. The molecule has 84 valence electrons. The van der Waals surface area contributed by atoms with Gasteiger partial charge in [0.2, 0.25) is 0 Å². The van der Waals surface area contributed by atoms with Gasteiger partial charge in [0, 0.05) is 5.39 Å². The van der Waals surface area contributed by atoms with Gasteiger partial charge in [-0.05, 0) is 11.5 Å². The average molecular weight is 261 g/mol. The quantitative estimate of drug-likeness (QED) is 0.343. The molecular weight excluding hydrogens is 253 g/mol. The fourth-order valence-electron chi connectivity index (χ4n) is 1.62. The maximum atomic E-state index is 11.5. The second-order valence-corrected chi connectivity index (χ2v) is 4.67. The molecule has 5 nitrogen and oxygen atoms in total. The van der Waals surface area contributed by atoms with Crippen LogP contribution in [-0.4, -0.2) is 13.0 Å². The molecule has 2 aromatic carbocycles. The Morgan fingerprint density at radius 1 is 1.18 bits per heavy atom. The van der Waals surface area contributed by atoms with Gasteiger partial charge in [0.15, 0.2) is 0 Å². The van der Waals surface area contributed by atoms with E-state index in [9.17, 15) is 13.5 Å². The van der Waals surface area contributed by atoms with Gasteiger partial charge in [-0.1, -0.05) is 30.0 Å². The molecule has 0 aliphatic heterocycles. The molecule has 2 rings (SSSR count). The molecule has 17 heavy (non-hydrogen) atoms. The van der Waals surface area contributed by atoms with Crippen LogP contribution in [0.25, 0.3) is 10.8 Å². The first-order valence-corrected chi connectivity index (χ1v) is 5.81. The Balaban J connectivity index is 0.00000144. The monoisotopic (exact) mass is 261 g/mol. The molecule has 0 aliphatic carbocycles. The molecule has 0 unspecified atom stereocenters. The third kappa shape index (κ3) is 2.56. The summed E-state index contributed by atoms with van der Waals surface area (Å²) in [5.74, 6) is -0.375. The van der Waals surface area contributed by atoms with E-state index in [-0.39, 0.29) is 51.8 Å². The zero-order valence-corrected chi connectivity index (χ0v) is 11.9. The minimum atomic E-state index is -4.44. The molecule has 0 bridgehead atoms. The number of nitrogens with two attached hydrogens (primary N) is 1. The van der Waals surface area contributed by atoms with Crippen LogP contribution in [0, 0.1) is 0 Å². The number of hydrogen-bond donors (Lipinski definition) is 2. The number of benzene rings is 2. The van der Waals surface area contributed by atoms with Crippen LogP contribution in [0.3, 0.4) is 0 Å². The van der Waals surface area contributed by atoms with Crippen molar-refractivity contribution in [3.05, 3.63) is 30.3 Å². The Hall–Kier alpha value is -0.790. The van der Waals surface area contributed by atoms with E-state index in [0.717, 1.165) is 6.07 Å². The van der Waals surface area contributed by atoms with Crippen molar-refractivity contribution >= 4 is 26.6 Å². The molecule has 0 fully saturated rings. The van der Waals surface area contributed by atoms with Gasteiger partial charge in [0.05, 0.1) is 5.69 Å². The van der Waals surface area contributed by atoms with Crippen LogP contribution in [0.4, 0.5) is 5.69 Å². The van der Waals surface area contributed by atoms with E-state index >= 15 is 0 Å². The number of fused-ring (bicyclic) bond motifs is 1. The fourth-order valence-corrected chi connectivity index (χ4v) is 2.44. The predicted octanol–water partition coefficient (Wildman–Crippen LogP) is -2.25. The summed E-state index contributed by atoms with van der Waals surface area (Å²) in [6.07, 6.45) is 0. The van der Waals surface area contributed by atoms with E-state index in [2.05, 4.69) is 0 Å². The Morgan fingerprint density at radius 2 is 1.71 bits per heavy atom. The van der Waals surface area contributed by atoms with Gasteiger partial charge in [0.1, 0.15) is 4.90 Å². The number of hydrogen-bond acceptors (Lipinski definition) is 4. The van der Waals surface area contributed by atoms with E-state index in [1.165, 1.54) is 12.1 Å². The maximum Gasteiger partial charge on any atom is 1.00 e. The van der Waals surface area contributed by atoms with Gasteiger partial charge >= 0.3 is 29.6 Å². The third-order valence-corrected chi connectivity index (χ3v) is 3.22. The first-order valence-electron chi connectivity index (χ1n) is 4.37. The van der Waals surface area contributed by atoms with Gasteiger partial charge < -0.3 is 10.8 Å². The predicted molar refractivity (Wildman–Crippen MR) is 57.6 cm³/mol. The van der Waals surface area contributed by atoms with E-state index in [1.54, 1.807) is 12.1 Å². The van der Waals surface area contributed by atoms with Crippen molar-refractivity contribution in [1.29, 1.82) is 0 Å². The molecule has 0 heterocycles. The van der Waals surface area contributed by atoms with Crippen LogP contribution in [-0.2, 0) is 10.1 Å². The molecular formula is C10H8NNaO4S. The Labute approximate surface area is 120 Å². The topological polar surface area (TPSA) is 103 Å². The van der Waals surface area contributed by atoms with Crippen LogP contribution >= 0.6 is 0 Å². The molecule has 0 atom stereocenters. The molecule has 2 aromatic rings. The van der Waals surface area contributed by atoms with Crippen molar-refractivity contribution in [2.24, 2.45) is 0 Å². The number of nitrogen functional groups attached to an aromatic ring is 1. The number of anilines is 1. The average Bonchev–Trinajstić information content (AvgIpc) is 2.15. The normalized spacial score (nSPS) is 11.1. The van der Waals surface area contributed by atoms with Crippen molar-refractivity contribution in [1.82, 2.24) is 0 Å². The molecule has 0 saturated heterocycles. The Bertz CT molecular complexity index is 669.